The molecule has 1 aromatic heterocycles. The minimum absolute atomic E-state index is 0.734. The Hall–Kier alpha value is -0.680. The fourth-order valence-corrected chi connectivity index (χ4v) is 3.95. The topological polar surface area (TPSA) is 19.4 Å². The molecule has 0 atom stereocenters. The molecule has 0 radical (unpaired) electrons. The highest BCUT2D eigenvalue weighted by Crippen LogP contribution is 2.22. The quantitative estimate of drug-likeness (QED) is 0.809. The zero-order chi connectivity index (χ0) is 13.8. The van der Waals surface area contributed by atoms with Gasteiger partial charge in [0.15, 0.2) is 0 Å². The van der Waals surface area contributed by atoms with Gasteiger partial charge in [0.25, 0.3) is 0 Å². The average Bonchev–Trinajstić information content (AvgIpc) is 2.73. The number of rotatable bonds is 4. The molecule has 2 aromatic rings. The van der Waals surface area contributed by atoms with Crippen LogP contribution in [-0.2, 0) is 6.54 Å². The fourth-order valence-electron chi connectivity index (χ4n) is 2.70. The summed E-state index contributed by atoms with van der Waals surface area (Å²) in [7, 11) is 0. The highest BCUT2D eigenvalue weighted by Gasteiger charge is 2.15. The Kier molecular flexibility index (Phi) is 4.89. The monoisotopic (exact) mass is 309 g/mol. The third-order valence-corrected chi connectivity index (χ3v) is 4.97. The summed E-state index contributed by atoms with van der Waals surface area (Å²) in [6.45, 7) is 6.56. The van der Waals surface area contributed by atoms with Crippen molar-refractivity contribution >= 4 is 33.2 Å². The molecular weight excluding hydrogens is 290 g/mol. The van der Waals surface area contributed by atoms with Crippen LogP contribution in [0.4, 0.5) is 0 Å². The maximum atomic E-state index is 5.84. The minimum Gasteiger partial charge on any atom is -0.301 e. The summed E-state index contributed by atoms with van der Waals surface area (Å²) < 4.78 is 1.29. The van der Waals surface area contributed by atoms with Crippen LogP contribution in [-0.4, -0.2) is 53.4 Å². The zero-order valence-corrected chi connectivity index (χ0v) is 13.2. The van der Waals surface area contributed by atoms with Crippen LogP contribution in [0, 0.1) is 0 Å². The third kappa shape index (κ3) is 3.50. The van der Waals surface area contributed by atoms with Crippen molar-refractivity contribution in [2.75, 3.05) is 38.6 Å². The first-order valence-corrected chi connectivity index (χ1v) is 8.55. The van der Waals surface area contributed by atoms with Gasteiger partial charge in [0, 0.05) is 25.5 Å². The van der Waals surface area contributed by atoms with Crippen LogP contribution in [0.1, 0.15) is 11.4 Å². The van der Waals surface area contributed by atoms with E-state index < -0.39 is 0 Å². The van der Waals surface area contributed by atoms with Crippen molar-refractivity contribution in [1.82, 2.24) is 14.8 Å². The molecule has 20 heavy (non-hydrogen) atoms. The van der Waals surface area contributed by atoms with E-state index in [1.54, 1.807) is 0 Å². The standard InChI is InChI=1S/C15H20ClN3S/c16-6-9-18-7-3-8-19(11-10-18)12-15-17-13-4-1-2-5-14(13)20-15/h1-2,4-5H,3,6-12H2. The molecule has 0 spiro atoms. The second-order valence-electron chi connectivity index (χ2n) is 5.24. The molecule has 5 heteroatoms. The van der Waals surface area contributed by atoms with E-state index in [-0.39, 0.29) is 0 Å². The number of hydrogen-bond donors (Lipinski definition) is 0. The van der Waals surface area contributed by atoms with Crippen molar-refractivity contribution in [3.63, 3.8) is 0 Å². The highest BCUT2D eigenvalue weighted by atomic mass is 35.5. The van der Waals surface area contributed by atoms with Crippen LogP contribution in [0.15, 0.2) is 24.3 Å². The Labute approximate surface area is 129 Å². The van der Waals surface area contributed by atoms with Crippen LogP contribution in [0.2, 0.25) is 0 Å². The van der Waals surface area contributed by atoms with Crippen LogP contribution in [0.5, 0.6) is 0 Å². The number of halogens is 1. The lowest BCUT2D eigenvalue weighted by molar-refractivity contribution is 0.258. The van der Waals surface area contributed by atoms with E-state index in [9.17, 15) is 0 Å². The lowest BCUT2D eigenvalue weighted by Crippen LogP contribution is -2.31. The van der Waals surface area contributed by atoms with Gasteiger partial charge in [0.05, 0.1) is 16.8 Å². The molecule has 1 saturated heterocycles. The molecule has 1 aliphatic rings. The summed E-state index contributed by atoms with van der Waals surface area (Å²) in [4.78, 5) is 9.72. The van der Waals surface area contributed by atoms with Crippen LogP contribution >= 0.6 is 22.9 Å². The number of hydrogen-bond acceptors (Lipinski definition) is 4. The van der Waals surface area contributed by atoms with Gasteiger partial charge in [-0.25, -0.2) is 4.98 Å². The van der Waals surface area contributed by atoms with Gasteiger partial charge in [-0.1, -0.05) is 12.1 Å². The molecule has 1 aliphatic heterocycles. The van der Waals surface area contributed by atoms with Crippen molar-refractivity contribution < 1.29 is 0 Å². The van der Waals surface area contributed by atoms with Gasteiger partial charge in [-0.15, -0.1) is 22.9 Å². The molecule has 108 valence electrons. The first-order valence-electron chi connectivity index (χ1n) is 7.20. The molecule has 0 aliphatic carbocycles. The molecule has 2 heterocycles. The summed E-state index contributed by atoms with van der Waals surface area (Å²) in [5.41, 5.74) is 1.13. The Bertz CT molecular complexity index is 524. The van der Waals surface area contributed by atoms with E-state index in [1.165, 1.54) is 22.7 Å². The van der Waals surface area contributed by atoms with E-state index >= 15 is 0 Å². The van der Waals surface area contributed by atoms with Crippen LogP contribution in [0.25, 0.3) is 10.2 Å². The third-order valence-electron chi connectivity index (χ3n) is 3.78. The Morgan fingerprint density at radius 1 is 1.10 bits per heavy atom. The van der Waals surface area contributed by atoms with Gasteiger partial charge < -0.3 is 4.90 Å². The number of thiazole rings is 1. The number of fused-ring (bicyclic) bond motifs is 1. The van der Waals surface area contributed by atoms with Gasteiger partial charge in [-0.2, -0.15) is 0 Å². The largest absolute Gasteiger partial charge is 0.301 e. The molecular formula is C15H20ClN3S. The molecule has 0 N–H and O–H groups in total. The average molecular weight is 310 g/mol. The van der Waals surface area contributed by atoms with Crippen molar-refractivity contribution in [3.8, 4) is 0 Å². The number of aromatic nitrogens is 1. The first kappa shape index (κ1) is 14.3. The summed E-state index contributed by atoms with van der Waals surface area (Å²) in [5, 5.41) is 1.23. The van der Waals surface area contributed by atoms with Gasteiger partial charge in [0.2, 0.25) is 0 Å². The van der Waals surface area contributed by atoms with E-state index in [2.05, 4.69) is 34.1 Å². The SMILES string of the molecule is ClCCN1CCCN(Cc2nc3ccccc3s2)CC1. The molecule has 0 saturated carbocycles. The minimum atomic E-state index is 0.734. The molecule has 1 aromatic carbocycles. The molecule has 1 fully saturated rings. The van der Waals surface area contributed by atoms with E-state index in [4.69, 9.17) is 16.6 Å². The maximum absolute atomic E-state index is 5.84. The summed E-state index contributed by atoms with van der Waals surface area (Å²) in [6.07, 6.45) is 1.22. The number of benzene rings is 1. The number of alkyl halides is 1. The molecule has 0 bridgehead atoms. The van der Waals surface area contributed by atoms with E-state index in [0.717, 1.165) is 44.1 Å². The Morgan fingerprint density at radius 2 is 1.90 bits per heavy atom. The molecule has 0 amide bonds. The van der Waals surface area contributed by atoms with Crippen molar-refractivity contribution in [1.29, 1.82) is 0 Å². The molecule has 3 nitrogen and oxygen atoms in total. The van der Waals surface area contributed by atoms with Crippen LogP contribution < -0.4 is 0 Å². The molecule has 0 unspecified atom stereocenters. The van der Waals surface area contributed by atoms with Crippen molar-refractivity contribution in [3.05, 3.63) is 29.3 Å². The lowest BCUT2D eigenvalue weighted by atomic mass is 10.3. The van der Waals surface area contributed by atoms with Crippen molar-refractivity contribution in [2.45, 2.75) is 13.0 Å². The molecule has 3 rings (SSSR count). The van der Waals surface area contributed by atoms with Gasteiger partial charge in [0.1, 0.15) is 5.01 Å². The van der Waals surface area contributed by atoms with Crippen molar-refractivity contribution in [2.24, 2.45) is 0 Å². The smallest absolute Gasteiger partial charge is 0.108 e. The Morgan fingerprint density at radius 3 is 2.75 bits per heavy atom. The maximum Gasteiger partial charge on any atom is 0.108 e. The second-order valence-corrected chi connectivity index (χ2v) is 6.73. The van der Waals surface area contributed by atoms with Gasteiger partial charge >= 0.3 is 0 Å². The second kappa shape index (κ2) is 6.85. The highest BCUT2D eigenvalue weighted by molar-refractivity contribution is 7.18. The van der Waals surface area contributed by atoms with Gasteiger partial charge in [-0.05, 0) is 31.6 Å². The van der Waals surface area contributed by atoms with Crippen LogP contribution in [0.3, 0.4) is 0 Å². The predicted molar refractivity (Wildman–Crippen MR) is 86.7 cm³/mol. The first-order chi connectivity index (χ1) is 9.85. The summed E-state index contributed by atoms with van der Waals surface area (Å²) in [5.74, 6) is 0.734. The normalized spacial score (nSPS) is 18.4. The van der Waals surface area contributed by atoms with E-state index in [0.29, 0.717) is 0 Å². The lowest BCUT2D eigenvalue weighted by Gasteiger charge is -2.20. The number of para-hydroxylation sites is 1. The van der Waals surface area contributed by atoms with E-state index in [1.807, 2.05) is 11.3 Å². The zero-order valence-electron chi connectivity index (χ0n) is 11.6. The number of nitrogens with zero attached hydrogens (tertiary/aromatic N) is 3. The fraction of sp³-hybridized carbons (Fsp3) is 0.533. The summed E-state index contributed by atoms with van der Waals surface area (Å²) in [6, 6.07) is 8.39. The Balaban J connectivity index is 1.62. The van der Waals surface area contributed by atoms with Gasteiger partial charge in [-0.3, -0.25) is 4.90 Å². The predicted octanol–water partition coefficient (Wildman–Crippen LogP) is 3.04. The summed E-state index contributed by atoms with van der Waals surface area (Å²) >= 11 is 7.66.